The van der Waals surface area contributed by atoms with Crippen LogP contribution in [-0.2, 0) is 9.59 Å². The van der Waals surface area contributed by atoms with Gasteiger partial charge in [-0.25, -0.2) is 0 Å². The third kappa shape index (κ3) is 4.07. The Hall–Kier alpha value is -1.88. The predicted molar refractivity (Wildman–Crippen MR) is 87.5 cm³/mol. The quantitative estimate of drug-likeness (QED) is 0.798. The van der Waals surface area contributed by atoms with Crippen LogP contribution in [0.25, 0.3) is 0 Å². The summed E-state index contributed by atoms with van der Waals surface area (Å²) in [5.74, 6) is -0.0215. The molecule has 120 valence electrons. The average Bonchev–Trinajstić information content (AvgIpc) is 2.47. The van der Waals surface area contributed by atoms with Gasteiger partial charge in [0.1, 0.15) is 0 Å². The molecule has 2 amide bonds. The molecule has 2 atom stereocenters. The second kappa shape index (κ2) is 6.92. The Balaban J connectivity index is 2.03. The van der Waals surface area contributed by atoms with Crippen molar-refractivity contribution in [3.8, 4) is 0 Å². The van der Waals surface area contributed by atoms with E-state index in [0.29, 0.717) is 0 Å². The molecule has 1 fully saturated rings. The topological polar surface area (TPSA) is 70.2 Å². The van der Waals surface area contributed by atoms with Crippen LogP contribution in [0.15, 0.2) is 24.3 Å². The van der Waals surface area contributed by atoms with Gasteiger partial charge in [-0.1, -0.05) is 12.1 Å². The maximum absolute atomic E-state index is 12.5. The zero-order valence-electron chi connectivity index (χ0n) is 13.5. The lowest BCUT2D eigenvalue weighted by atomic mass is 9.81. The van der Waals surface area contributed by atoms with E-state index in [4.69, 9.17) is 0 Å². The van der Waals surface area contributed by atoms with Crippen LogP contribution >= 0.6 is 0 Å². The third-order valence-electron chi connectivity index (χ3n) is 4.20. The van der Waals surface area contributed by atoms with E-state index in [0.717, 1.165) is 37.2 Å². The van der Waals surface area contributed by atoms with Gasteiger partial charge in [-0.3, -0.25) is 9.59 Å². The maximum Gasteiger partial charge on any atom is 0.227 e. The van der Waals surface area contributed by atoms with Gasteiger partial charge in [0.25, 0.3) is 0 Å². The number of anilines is 1. The van der Waals surface area contributed by atoms with E-state index in [9.17, 15) is 9.59 Å². The molecule has 1 aliphatic rings. The number of hydrogen-bond donors (Lipinski definition) is 3. The highest BCUT2D eigenvalue weighted by molar-refractivity contribution is 5.88. The molecular weight excluding hydrogens is 278 g/mol. The van der Waals surface area contributed by atoms with Gasteiger partial charge in [0.15, 0.2) is 0 Å². The van der Waals surface area contributed by atoms with E-state index in [2.05, 4.69) is 16.0 Å². The van der Waals surface area contributed by atoms with Gasteiger partial charge in [-0.2, -0.15) is 0 Å². The van der Waals surface area contributed by atoms with Gasteiger partial charge in [0.2, 0.25) is 11.8 Å². The first-order valence-corrected chi connectivity index (χ1v) is 7.80. The highest BCUT2D eigenvalue weighted by Gasteiger charge is 2.35. The SMILES string of the molecule is CC(=O)Nc1cccc(C(C)NC(=O)C2(C)CCCNC2)c1. The summed E-state index contributed by atoms with van der Waals surface area (Å²) in [6.45, 7) is 7.16. The number of nitrogens with one attached hydrogen (secondary N) is 3. The second-order valence-corrected chi connectivity index (χ2v) is 6.34. The summed E-state index contributed by atoms with van der Waals surface area (Å²) in [7, 11) is 0. The van der Waals surface area contributed by atoms with E-state index in [1.165, 1.54) is 6.92 Å². The lowest BCUT2D eigenvalue weighted by Crippen LogP contribution is -2.49. The molecule has 3 N–H and O–H groups in total. The minimum atomic E-state index is -0.345. The minimum Gasteiger partial charge on any atom is -0.349 e. The van der Waals surface area contributed by atoms with Crippen molar-refractivity contribution in [3.63, 3.8) is 0 Å². The first kappa shape index (κ1) is 16.5. The smallest absolute Gasteiger partial charge is 0.227 e. The molecule has 0 saturated carbocycles. The van der Waals surface area contributed by atoms with Crippen molar-refractivity contribution in [3.05, 3.63) is 29.8 Å². The van der Waals surface area contributed by atoms with Crippen LogP contribution in [0.3, 0.4) is 0 Å². The summed E-state index contributed by atoms with van der Waals surface area (Å²) in [5, 5.41) is 9.15. The molecule has 2 rings (SSSR count). The van der Waals surface area contributed by atoms with E-state index < -0.39 is 0 Å². The number of carbonyl (C=O) groups excluding carboxylic acids is 2. The second-order valence-electron chi connectivity index (χ2n) is 6.34. The van der Waals surface area contributed by atoms with Crippen molar-refractivity contribution >= 4 is 17.5 Å². The minimum absolute atomic E-state index is 0.0807. The summed E-state index contributed by atoms with van der Waals surface area (Å²) < 4.78 is 0. The highest BCUT2D eigenvalue weighted by atomic mass is 16.2. The summed E-state index contributed by atoms with van der Waals surface area (Å²) in [5.41, 5.74) is 1.38. The highest BCUT2D eigenvalue weighted by Crippen LogP contribution is 2.27. The molecule has 0 aromatic heterocycles. The van der Waals surface area contributed by atoms with Gasteiger partial charge >= 0.3 is 0 Å². The van der Waals surface area contributed by atoms with Crippen molar-refractivity contribution in [1.82, 2.24) is 10.6 Å². The molecular formula is C17H25N3O2. The molecule has 1 aliphatic heterocycles. The van der Waals surface area contributed by atoms with E-state index in [-0.39, 0.29) is 23.3 Å². The van der Waals surface area contributed by atoms with Crippen LogP contribution in [0.4, 0.5) is 5.69 Å². The standard InChI is InChI=1S/C17H25N3O2/c1-12(14-6-4-7-15(10-14)20-13(2)21)19-16(22)17(3)8-5-9-18-11-17/h4,6-7,10,12,18H,5,8-9,11H2,1-3H3,(H,19,22)(H,20,21). The summed E-state index contributed by atoms with van der Waals surface area (Å²) in [4.78, 5) is 23.7. The monoisotopic (exact) mass is 303 g/mol. The van der Waals surface area contributed by atoms with Crippen LogP contribution in [0, 0.1) is 5.41 Å². The van der Waals surface area contributed by atoms with E-state index in [1.54, 1.807) is 0 Å². The third-order valence-corrected chi connectivity index (χ3v) is 4.20. The molecule has 0 aliphatic carbocycles. The summed E-state index contributed by atoms with van der Waals surface area (Å²) in [6, 6.07) is 7.48. The largest absolute Gasteiger partial charge is 0.349 e. The van der Waals surface area contributed by atoms with Crippen LogP contribution in [0.2, 0.25) is 0 Å². The molecule has 1 saturated heterocycles. The summed E-state index contributed by atoms with van der Waals surface area (Å²) in [6.07, 6.45) is 1.93. The van der Waals surface area contributed by atoms with Crippen molar-refractivity contribution < 1.29 is 9.59 Å². The van der Waals surface area contributed by atoms with E-state index >= 15 is 0 Å². The van der Waals surface area contributed by atoms with Crippen molar-refractivity contribution in [2.75, 3.05) is 18.4 Å². The predicted octanol–water partition coefficient (Wildman–Crippen LogP) is 2.21. The fraction of sp³-hybridized carbons (Fsp3) is 0.529. The lowest BCUT2D eigenvalue weighted by molar-refractivity contribution is -0.131. The Morgan fingerprint density at radius 2 is 2.14 bits per heavy atom. The van der Waals surface area contributed by atoms with Crippen molar-refractivity contribution in [2.45, 2.75) is 39.7 Å². The number of rotatable bonds is 4. The Morgan fingerprint density at radius 3 is 2.77 bits per heavy atom. The molecule has 0 spiro atoms. The Kier molecular flexibility index (Phi) is 5.19. The molecule has 22 heavy (non-hydrogen) atoms. The number of piperidine rings is 1. The van der Waals surface area contributed by atoms with Crippen LogP contribution < -0.4 is 16.0 Å². The normalized spacial score (nSPS) is 22.7. The van der Waals surface area contributed by atoms with Gasteiger partial charge in [-0.05, 0) is 50.9 Å². The molecule has 1 aromatic rings. The van der Waals surface area contributed by atoms with E-state index in [1.807, 2.05) is 38.1 Å². The molecule has 1 aromatic carbocycles. The molecule has 1 heterocycles. The molecule has 2 unspecified atom stereocenters. The number of hydrogen-bond acceptors (Lipinski definition) is 3. The van der Waals surface area contributed by atoms with Gasteiger partial charge in [-0.15, -0.1) is 0 Å². The Morgan fingerprint density at radius 1 is 1.36 bits per heavy atom. The Bertz CT molecular complexity index is 551. The van der Waals surface area contributed by atoms with Gasteiger partial charge in [0.05, 0.1) is 11.5 Å². The van der Waals surface area contributed by atoms with Gasteiger partial charge in [0, 0.05) is 19.2 Å². The summed E-state index contributed by atoms with van der Waals surface area (Å²) >= 11 is 0. The Labute approximate surface area is 131 Å². The molecule has 5 nitrogen and oxygen atoms in total. The molecule has 5 heteroatoms. The first-order valence-electron chi connectivity index (χ1n) is 7.80. The zero-order valence-corrected chi connectivity index (χ0v) is 13.5. The van der Waals surface area contributed by atoms with Gasteiger partial charge < -0.3 is 16.0 Å². The first-order chi connectivity index (χ1) is 10.4. The maximum atomic E-state index is 12.5. The fourth-order valence-corrected chi connectivity index (χ4v) is 2.79. The fourth-order valence-electron chi connectivity index (χ4n) is 2.79. The zero-order chi connectivity index (χ0) is 16.2. The molecule has 0 radical (unpaired) electrons. The van der Waals surface area contributed by atoms with Crippen LogP contribution in [0.1, 0.15) is 45.2 Å². The lowest BCUT2D eigenvalue weighted by Gasteiger charge is -2.33. The van der Waals surface area contributed by atoms with Crippen LogP contribution in [-0.4, -0.2) is 24.9 Å². The van der Waals surface area contributed by atoms with Crippen LogP contribution in [0.5, 0.6) is 0 Å². The molecule has 0 bridgehead atoms. The number of benzene rings is 1. The average molecular weight is 303 g/mol. The number of carbonyl (C=O) groups is 2. The van der Waals surface area contributed by atoms with Crippen molar-refractivity contribution in [2.24, 2.45) is 5.41 Å². The van der Waals surface area contributed by atoms with Crippen molar-refractivity contribution in [1.29, 1.82) is 0 Å². The number of amides is 2.